The van der Waals surface area contributed by atoms with Gasteiger partial charge in [0, 0.05) is 30.6 Å². The monoisotopic (exact) mass is 543 g/mol. The normalized spacial score (nSPS) is 38.0. The molecule has 2 fully saturated rings. The molecule has 3 N–H and O–H groups in total. The first-order chi connectivity index (χ1) is 18.2. The number of carbonyl (C=O) groups excluding carboxylic acids is 3. The number of rotatable bonds is 6. The van der Waals surface area contributed by atoms with Crippen LogP contribution < -0.4 is 0 Å². The third-order valence-corrected chi connectivity index (χ3v) is 9.87. The average molecular weight is 544 g/mol. The fourth-order valence-corrected chi connectivity index (χ4v) is 7.84. The number of aliphatic hydroxyl groups is 3. The SMILES string of the molecule is CCc1noc(CC)c1C(=O)OCC1=C[C@@H]2C(=O)[C@]3(C=C(C)[C@H](O)[C@@]3(O)[C@@H]1O)CC[C@]1(OC(C)=O)[C@H]2C1(C)C. The number of aryl methyl sites for hydroxylation is 2. The maximum atomic E-state index is 14.3. The van der Waals surface area contributed by atoms with Gasteiger partial charge in [-0.25, -0.2) is 4.79 Å². The highest BCUT2D eigenvalue weighted by atomic mass is 16.6. The van der Waals surface area contributed by atoms with Gasteiger partial charge in [0.2, 0.25) is 0 Å². The average Bonchev–Trinajstić information content (AvgIpc) is 3.13. The molecule has 4 aliphatic rings. The number of aromatic nitrogens is 1. The zero-order valence-electron chi connectivity index (χ0n) is 23.2. The van der Waals surface area contributed by atoms with Crippen LogP contribution in [-0.2, 0) is 31.9 Å². The van der Waals surface area contributed by atoms with E-state index in [0.29, 0.717) is 29.9 Å². The summed E-state index contributed by atoms with van der Waals surface area (Å²) < 4.78 is 16.8. The van der Waals surface area contributed by atoms with Gasteiger partial charge < -0.3 is 29.3 Å². The number of ether oxygens (including phenoxy) is 2. The second kappa shape index (κ2) is 8.84. The summed E-state index contributed by atoms with van der Waals surface area (Å²) in [7, 11) is 0. The Morgan fingerprint density at radius 3 is 2.46 bits per heavy atom. The zero-order chi connectivity index (χ0) is 28.7. The summed E-state index contributed by atoms with van der Waals surface area (Å²) in [5.41, 5.74) is -4.28. The molecule has 39 heavy (non-hydrogen) atoms. The van der Waals surface area contributed by atoms with E-state index in [1.54, 1.807) is 19.1 Å². The van der Waals surface area contributed by atoms with E-state index in [-0.39, 0.29) is 29.8 Å². The number of aliphatic hydroxyl groups excluding tert-OH is 2. The molecule has 2 saturated carbocycles. The predicted molar refractivity (Wildman–Crippen MR) is 136 cm³/mol. The predicted octanol–water partition coefficient (Wildman–Crippen LogP) is 2.23. The molecule has 5 rings (SSSR count). The van der Waals surface area contributed by atoms with Gasteiger partial charge in [-0.05, 0) is 37.3 Å². The second-order valence-corrected chi connectivity index (χ2v) is 12.0. The first-order valence-corrected chi connectivity index (χ1v) is 13.6. The van der Waals surface area contributed by atoms with E-state index in [2.05, 4.69) is 5.16 Å². The molecule has 212 valence electrons. The van der Waals surface area contributed by atoms with Gasteiger partial charge in [0.25, 0.3) is 0 Å². The number of hydrogen-bond donors (Lipinski definition) is 3. The fourth-order valence-electron chi connectivity index (χ4n) is 7.84. The lowest BCUT2D eigenvalue weighted by atomic mass is 9.63. The Morgan fingerprint density at radius 2 is 1.85 bits per heavy atom. The third kappa shape index (κ3) is 3.44. The van der Waals surface area contributed by atoms with E-state index in [1.807, 2.05) is 27.7 Å². The minimum absolute atomic E-state index is 0.0683. The smallest absolute Gasteiger partial charge is 0.344 e. The lowest BCUT2D eigenvalue weighted by molar-refractivity contribution is -0.182. The van der Waals surface area contributed by atoms with Crippen LogP contribution in [-0.4, -0.2) is 68.2 Å². The number of allylic oxidation sites excluding steroid dienone is 1. The Morgan fingerprint density at radius 1 is 1.15 bits per heavy atom. The van der Waals surface area contributed by atoms with Gasteiger partial charge in [-0.1, -0.05) is 45.0 Å². The van der Waals surface area contributed by atoms with Crippen LogP contribution >= 0.6 is 0 Å². The third-order valence-electron chi connectivity index (χ3n) is 9.87. The highest BCUT2D eigenvalue weighted by molar-refractivity contribution is 5.95. The van der Waals surface area contributed by atoms with E-state index in [9.17, 15) is 29.7 Å². The molecule has 1 spiro atoms. The summed E-state index contributed by atoms with van der Waals surface area (Å²) in [6.07, 6.45) is 1.10. The van der Waals surface area contributed by atoms with Crippen molar-refractivity contribution in [1.82, 2.24) is 5.16 Å². The summed E-state index contributed by atoms with van der Waals surface area (Å²) >= 11 is 0. The topological polar surface area (TPSA) is 156 Å². The summed E-state index contributed by atoms with van der Waals surface area (Å²) in [5, 5.41) is 38.8. The summed E-state index contributed by atoms with van der Waals surface area (Å²) in [6, 6.07) is 0. The van der Waals surface area contributed by atoms with Crippen LogP contribution in [0.1, 0.15) is 76.2 Å². The van der Waals surface area contributed by atoms with Gasteiger partial charge in [-0.3, -0.25) is 9.59 Å². The Bertz CT molecular complexity index is 1290. The lowest BCUT2D eigenvalue weighted by Crippen LogP contribution is -2.63. The highest BCUT2D eigenvalue weighted by Crippen LogP contribution is 2.74. The molecule has 1 aromatic rings. The van der Waals surface area contributed by atoms with Gasteiger partial charge in [0.15, 0.2) is 11.5 Å². The largest absolute Gasteiger partial charge is 0.458 e. The van der Waals surface area contributed by atoms with Gasteiger partial charge in [-0.2, -0.15) is 0 Å². The number of Topliss-reactive ketones (excluding diaryl/α,β-unsaturated/α-hetero) is 1. The fraction of sp³-hybridized carbons (Fsp3) is 0.655. The molecule has 4 aliphatic carbocycles. The number of ketones is 1. The van der Waals surface area contributed by atoms with E-state index >= 15 is 0 Å². The number of fused-ring (bicyclic) bond motifs is 3. The standard InChI is InChI=1S/C29H37NO9/c1-7-18-20(19(8-2)39-30-18)25(35)37-13-16-11-17-21-26(5,6)28(21,38-15(4)31)10-9-27(24(17)34)12-14(3)22(32)29(27,36)23(16)33/h11-12,17,21-23,32-33,36H,7-10,13H2,1-6H3/t17-,21+,22-,23+,27+,28-,29+/m0/s1. The number of carbonyl (C=O) groups is 3. The quantitative estimate of drug-likeness (QED) is 0.359. The number of nitrogens with zero attached hydrogens (tertiary/aromatic N) is 1. The van der Waals surface area contributed by atoms with Crippen LogP contribution in [0.4, 0.5) is 0 Å². The van der Waals surface area contributed by atoms with Crippen molar-refractivity contribution in [2.75, 3.05) is 6.61 Å². The molecule has 0 aromatic carbocycles. The Labute approximate surface area is 227 Å². The van der Waals surface area contributed by atoms with Gasteiger partial charge in [-0.15, -0.1) is 0 Å². The molecular formula is C29H37NO9. The zero-order valence-corrected chi connectivity index (χ0v) is 23.2. The summed E-state index contributed by atoms with van der Waals surface area (Å²) in [4.78, 5) is 39.6. The number of esters is 2. The van der Waals surface area contributed by atoms with Crippen LogP contribution in [0.15, 0.2) is 27.8 Å². The van der Waals surface area contributed by atoms with Crippen molar-refractivity contribution in [3.8, 4) is 0 Å². The number of hydrogen-bond acceptors (Lipinski definition) is 10. The highest BCUT2D eigenvalue weighted by Gasteiger charge is 2.81. The van der Waals surface area contributed by atoms with Crippen molar-refractivity contribution in [3.05, 3.63) is 40.3 Å². The molecule has 0 saturated heterocycles. The van der Waals surface area contributed by atoms with Crippen molar-refractivity contribution in [2.24, 2.45) is 22.7 Å². The molecule has 1 heterocycles. The second-order valence-electron chi connectivity index (χ2n) is 12.0. The molecule has 10 heteroatoms. The van der Waals surface area contributed by atoms with E-state index in [4.69, 9.17) is 14.0 Å². The first kappa shape index (κ1) is 27.7. The molecule has 7 atom stereocenters. The van der Waals surface area contributed by atoms with Crippen LogP contribution in [0, 0.1) is 22.7 Å². The molecule has 2 bridgehead atoms. The molecule has 10 nitrogen and oxygen atoms in total. The van der Waals surface area contributed by atoms with E-state index in [1.165, 1.54) is 6.92 Å². The molecule has 0 radical (unpaired) electrons. The maximum absolute atomic E-state index is 14.3. The summed E-state index contributed by atoms with van der Waals surface area (Å²) in [6.45, 7) is 10.0. The molecule has 0 aliphatic heterocycles. The van der Waals surface area contributed by atoms with Gasteiger partial charge in [0.05, 0.1) is 11.1 Å². The Hall–Kier alpha value is -2.82. The van der Waals surface area contributed by atoms with Crippen LogP contribution in [0.2, 0.25) is 0 Å². The van der Waals surface area contributed by atoms with Crippen molar-refractivity contribution in [3.63, 3.8) is 0 Å². The van der Waals surface area contributed by atoms with Crippen LogP contribution in [0.3, 0.4) is 0 Å². The van der Waals surface area contributed by atoms with E-state index < -0.39 is 64.6 Å². The molecule has 0 unspecified atom stereocenters. The van der Waals surface area contributed by atoms with E-state index in [0.717, 1.165) is 0 Å². The lowest BCUT2D eigenvalue weighted by Gasteiger charge is -2.45. The molecule has 1 aromatic heterocycles. The van der Waals surface area contributed by atoms with Gasteiger partial charge in [0.1, 0.15) is 35.6 Å². The Balaban J connectivity index is 1.58. The van der Waals surface area contributed by atoms with Crippen molar-refractivity contribution >= 4 is 17.7 Å². The summed E-state index contributed by atoms with van der Waals surface area (Å²) in [5.74, 6) is -2.43. The van der Waals surface area contributed by atoms with Crippen molar-refractivity contribution in [1.29, 1.82) is 0 Å². The van der Waals surface area contributed by atoms with Crippen molar-refractivity contribution in [2.45, 2.75) is 90.6 Å². The first-order valence-electron chi connectivity index (χ1n) is 13.6. The Kier molecular flexibility index (Phi) is 6.29. The molecular weight excluding hydrogens is 506 g/mol. The molecule has 0 amide bonds. The maximum Gasteiger partial charge on any atom is 0.344 e. The minimum atomic E-state index is -2.29. The van der Waals surface area contributed by atoms with Crippen LogP contribution in [0.25, 0.3) is 0 Å². The van der Waals surface area contributed by atoms with Gasteiger partial charge >= 0.3 is 11.9 Å². The van der Waals surface area contributed by atoms with Crippen LogP contribution in [0.5, 0.6) is 0 Å². The van der Waals surface area contributed by atoms with Crippen molar-refractivity contribution < 1.29 is 43.7 Å². The minimum Gasteiger partial charge on any atom is -0.458 e.